The van der Waals surface area contributed by atoms with Gasteiger partial charge in [0.25, 0.3) is 0 Å². The van der Waals surface area contributed by atoms with Gasteiger partial charge in [0.05, 0.1) is 6.54 Å². The first-order valence-electron chi connectivity index (χ1n) is 7.64. The molecular weight excluding hydrogens is 290 g/mol. The molecule has 0 aliphatic carbocycles. The minimum absolute atomic E-state index is 0.00528. The lowest BCUT2D eigenvalue weighted by Crippen LogP contribution is -2.42. The van der Waals surface area contributed by atoms with Crippen LogP contribution in [-0.4, -0.2) is 32.1 Å². The maximum absolute atomic E-state index is 12.4. The molecule has 1 aliphatic rings. The Balaban J connectivity index is 1.84. The topological polar surface area (TPSA) is 61.4 Å². The fraction of sp³-hybridized carbons (Fsp3) is 0.222. The van der Waals surface area contributed by atoms with E-state index in [1.165, 1.54) is 12.6 Å². The molecule has 0 aromatic heterocycles. The zero-order valence-corrected chi connectivity index (χ0v) is 13.0. The van der Waals surface area contributed by atoms with E-state index in [0.29, 0.717) is 6.54 Å². The molecule has 1 heterocycles. The smallest absolute Gasteiger partial charge is 0.314 e. The van der Waals surface area contributed by atoms with Crippen LogP contribution in [0.5, 0.6) is 0 Å². The third-order valence-electron chi connectivity index (χ3n) is 4.04. The average molecular weight is 309 g/mol. The van der Waals surface area contributed by atoms with Crippen LogP contribution in [0.15, 0.2) is 48.5 Å². The molecule has 5 heteroatoms. The molecule has 0 atom stereocenters. The maximum atomic E-state index is 12.4. The van der Waals surface area contributed by atoms with Gasteiger partial charge in [-0.25, -0.2) is 4.79 Å². The van der Waals surface area contributed by atoms with Gasteiger partial charge in [0.15, 0.2) is 0 Å². The molecular formula is C18H19N3O2. The monoisotopic (exact) mass is 309 g/mol. The highest BCUT2D eigenvalue weighted by molar-refractivity contribution is 5.99. The maximum Gasteiger partial charge on any atom is 0.314 e. The van der Waals surface area contributed by atoms with Gasteiger partial charge < -0.3 is 15.5 Å². The minimum atomic E-state index is -0.351. The van der Waals surface area contributed by atoms with Gasteiger partial charge >= 0.3 is 6.03 Å². The van der Waals surface area contributed by atoms with Crippen molar-refractivity contribution in [1.29, 1.82) is 0 Å². The van der Waals surface area contributed by atoms with Crippen LogP contribution in [0.25, 0.3) is 11.1 Å². The summed E-state index contributed by atoms with van der Waals surface area (Å²) in [5, 5.41) is 4.98. The van der Waals surface area contributed by atoms with Crippen molar-refractivity contribution in [3.63, 3.8) is 0 Å². The quantitative estimate of drug-likeness (QED) is 0.913. The molecule has 0 spiro atoms. The molecule has 5 nitrogen and oxygen atoms in total. The molecule has 0 bridgehead atoms. The molecule has 0 unspecified atom stereocenters. The number of hydrogen-bond donors (Lipinski definition) is 2. The molecule has 2 aromatic rings. The Morgan fingerprint density at radius 1 is 1.09 bits per heavy atom. The lowest BCUT2D eigenvalue weighted by molar-refractivity contribution is -0.117. The number of urea groups is 1. The highest BCUT2D eigenvalue weighted by Gasteiger charge is 2.26. The van der Waals surface area contributed by atoms with E-state index in [2.05, 4.69) is 28.8 Å². The van der Waals surface area contributed by atoms with E-state index >= 15 is 0 Å². The predicted octanol–water partition coefficient (Wildman–Crippen LogP) is 2.17. The van der Waals surface area contributed by atoms with Gasteiger partial charge in [0.2, 0.25) is 5.91 Å². The second-order valence-electron chi connectivity index (χ2n) is 5.40. The largest absolute Gasteiger partial charge is 0.341 e. The molecule has 2 N–H and O–H groups in total. The van der Waals surface area contributed by atoms with Gasteiger partial charge in [-0.05, 0) is 29.2 Å². The summed E-state index contributed by atoms with van der Waals surface area (Å²) in [6.45, 7) is 0.641. The first-order chi connectivity index (χ1) is 11.2. The Bertz CT molecular complexity index is 728. The van der Waals surface area contributed by atoms with Crippen LogP contribution in [0, 0.1) is 0 Å². The normalized spacial score (nSPS) is 12.7. The predicted molar refractivity (Wildman–Crippen MR) is 90.4 cm³/mol. The summed E-state index contributed by atoms with van der Waals surface area (Å²) in [5.74, 6) is -0.0995. The first kappa shape index (κ1) is 15.1. The number of benzene rings is 2. The number of nitrogens with zero attached hydrogens (tertiary/aromatic N) is 1. The van der Waals surface area contributed by atoms with Crippen molar-refractivity contribution in [3.8, 4) is 11.1 Å². The highest BCUT2D eigenvalue weighted by atomic mass is 16.2. The summed E-state index contributed by atoms with van der Waals surface area (Å²) in [4.78, 5) is 25.3. The molecule has 3 amide bonds. The summed E-state index contributed by atoms with van der Waals surface area (Å²) in [6, 6.07) is 15.8. The van der Waals surface area contributed by atoms with Crippen molar-refractivity contribution in [2.45, 2.75) is 6.42 Å². The van der Waals surface area contributed by atoms with E-state index in [1.807, 2.05) is 30.3 Å². The van der Waals surface area contributed by atoms with E-state index in [0.717, 1.165) is 23.2 Å². The Morgan fingerprint density at radius 2 is 1.87 bits per heavy atom. The molecule has 2 aromatic carbocycles. The lowest BCUT2D eigenvalue weighted by Gasteiger charge is -2.18. The minimum Gasteiger partial charge on any atom is -0.341 e. The molecule has 0 saturated heterocycles. The third-order valence-corrected chi connectivity index (χ3v) is 4.04. The van der Waals surface area contributed by atoms with Crippen LogP contribution >= 0.6 is 0 Å². The number of carbonyl (C=O) groups is 2. The molecule has 0 fully saturated rings. The standard InChI is InChI=1S/C18H19N3O2/c1-19-18(23)20-12-17(22)21-11-10-15-14(8-5-9-16(15)21)13-6-3-2-4-7-13/h2-9H,10-12H2,1H3,(H2,19,20,23). The van der Waals surface area contributed by atoms with Crippen LogP contribution in [-0.2, 0) is 11.2 Å². The van der Waals surface area contributed by atoms with Crippen LogP contribution in [0.4, 0.5) is 10.5 Å². The van der Waals surface area contributed by atoms with E-state index < -0.39 is 0 Å². The molecule has 1 aliphatic heterocycles. The fourth-order valence-corrected chi connectivity index (χ4v) is 2.92. The van der Waals surface area contributed by atoms with E-state index in [1.54, 1.807) is 4.90 Å². The summed E-state index contributed by atoms with van der Waals surface area (Å²) in [5.41, 5.74) is 4.45. The van der Waals surface area contributed by atoms with Crippen molar-refractivity contribution in [2.75, 3.05) is 25.0 Å². The average Bonchev–Trinajstić information content (AvgIpc) is 3.04. The van der Waals surface area contributed by atoms with Gasteiger partial charge in [-0.1, -0.05) is 42.5 Å². The molecule has 0 radical (unpaired) electrons. The second kappa shape index (κ2) is 6.52. The van der Waals surface area contributed by atoms with Gasteiger partial charge in [-0.3, -0.25) is 4.79 Å². The zero-order chi connectivity index (χ0) is 16.2. The van der Waals surface area contributed by atoms with Gasteiger partial charge in [-0.15, -0.1) is 0 Å². The van der Waals surface area contributed by atoms with Crippen LogP contribution in [0.3, 0.4) is 0 Å². The van der Waals surface area contributed by atoms with Crippen LogP contribution in [0.2, 0.25) is 0 Å². The van der Waals surface area contributed by atoms with Gasteiger partial charge in [-0.2, -0.15) is 0 Å². The van der Waals surface area contributed by atoms with E-state index in [-0.39, 0.29) is 18.5 Å². The third kappa shape index (κ3) is 3.04. The van der Waals surface area contributed by atoms with Gasteiger partial charge in [0.1, 0.15) is 0 Å². The number of anilines is 1. The number of carbonyl (C=O) groups excluding carboxylic acids is 2. The van der Waals surface area contributed by atoms with Crippen molar-refractivity contribution in [3.05, 3.63) is 54.1 Å². The van der Waals surface area contributed by atoms with Crippen molar-refractivity contribution in [2.24, 2.45) is 0 Å². The molecule has 118 valence electrons. The Labute approximate surface area is 135 Å². The first-order valence-corrected chi connectivity index (χ1v) is 7.64. The Hall–Kier alpha value is -2.82. The number of rotatable bonds is 3. The molecule has 3 rings (SSSR count). The molecule has 23 heavy (non-hydrogen) atoms. The summed E-state index contributed by atoms with van der Waals surface area (Å²) in [7, 11) is 1.52. The lowest BCUT2D eigenvalue weighted by atomic mass is 9.98. The van der Waals surface area contributed by atoms with Crippen LogP contribution < -0.4 is 15.5 Å². The second-order valence-corrected chi connectivity index (χ2v) is 5.40. The van der Waals surface area contributed by atoms with E-state index in [4.69, 9.17) is 0 Å². The molecule has 0 saturated carbocycles. The Kier molecular flexibility index (Phi) is 4.28. The number of amides is 3. The van der Waals surface area contributed by atoms with Crippen molar-refractivity contribution in [1.82, 2.24) is 10.6 Å². The van der Waals surface area contributed by atoms with Gasteiger partial charge in [0, 0.05) is 19.3 Å². The summed E-state index contributed by atoms with van der Waals surface area (Å²) >= 11 is 0. The Morgan fingerprint density at radius 3 is 2.61 bits per heavy atom. The zero-order valence-electron chi connectivity index (χ0n) is 13.0. The van der Waals surface area contributed by atoms with Crippen LogP contribution in [0.1, 0.15) is 5.56 Å². The number of nitrogens with one attached hydrogen (secondary N) is 2. The number of fused-ring (bicyclic) bond motifs is 1. The van der Waals surface area contributed by atoms with Crippen molar-refractivity contribution >= 4 is 17.6 Å². The van der Waals surface area contributed by atoms with E-state index in [9.17, 15) is 9.59 Å². The summed E-state index contributed by atoms with van der Waals surface area (Å²) in [6.07, 6.45) is 0.826. The number of hydrogen-bond acceptors (Lipinski definition) is 2. The fourth-order valence-electron chi connectivity index (χ4n) is 2.92. The summed E-state index contributed by atoms with van der Waals surface area (Å²) < 4.78 is 0. The SMILES string of the molecule is CNC(=O)NCC(=O)N1CCc2c(-c3ccccc3)cccc21. The van der Waals surface area contributed by atoms with Crippen molar-refractivity contribution < 1.29 is 9.59 Å². The highest BCUT2D eigenvalue weighted by Crippen LogP contribution is 2.35.